The van der Waals surface area contributed by atoms with Crippen molar-refractivity contribution in [1.29, 1.82) is 0 Å². The maximum atomic E-state index is 6.06. The molecule has 3 rings (SSSR count). The molecule has 0 unspecified atom stereocenters. The molecular weight excluding hydrogens is 224 g/mol. The van der Waals surface area contributed by atoms with Gasteiger partial charge in [-0.2, -0.15) is 0 Å². The Morgan fingerprint density at radius 1 is 1.39 bits per heavy atom. The van der Waals surface area contributed by atoms with Gasteiger partial charge < -0.3 is 15.2 Å². The molecule has 4 heteroatoms. The third-order valence-electron chi connectivity index (χ3n) is 3.65. The average molecular weight is 242 g/mol. The standard InChI is InChI=1S/C14H18N4/c1-17-10-16-8-11(17)9-18-7-3-4-12-13(15)5-2-6-14(12)18/h2,5-6,8,10H,3-4,7,9,15H2,1H3. The molecule has 94 valence electrons. The minimum absolute atomic E-state index is 0.896. The Hall–Kier alpha value is -1.97. The number of rotatable bonds is 2. The molecular formula is C14H18N4. The van der Waals surface area contributed by atoms with Crippen LogP contribution < -0.4 is 10.6 Å². The SMILES string of the molecule is Cn1cncc1CN1CCCc2c(N)cccc21. The van der Waals surface area contributed by atoms with E-state index >= 15 is 0 Å². The van der Waals surface area contributed by atoms with Crippen LogP contribution in [0.25, 0.3) is 0 Å². The topological polar surface area (TPSA) is 47.1 Å². The van der Waals surface area contributed by atoms with Gasteiger partial charge >= 0.3 is 0 Å². The van der Waals surface area contributed by atoms with Gasteiger partial charge in [0, 0.05) is 31.2 Å². The van der Waals surface area contributed by atoms with Crippen molar-refractivity contribution in [2.45, 2.75) is 19.4 Å². The van der Waals surface area contributed by atoms with Crippen molar-refractivity contribution in [3.63, 3.8) is 0 Å². The first-order valence-electron chi connectivity index (χ1n) is 6.33. The Kier molecular flexibility index (Phi) is 2.70. The van der Waals surface area contributed by atoms with Crippen molar-refractivity contribution in [2.75, 3.05) is 17.2 Å². The Morgan fingerprint density at radius 2 is 2.28 bits per heavy atom. The Morgan fingerprint density at radius 3 is 3.06 bits per heavy atom. The van der Waals surface area contributed by atoms with E-state index in [1.807, 2.05) is 31.7 Å². The van der Waals surface area contributed by atoms with Crippen LogP contribution in [0.1, 0.15) is 17.7 Å². The molecule has 0 atom stereocenters. The number of nitrogens with zero attached hydrogens (tertiary/aromatic N) is 3. The van der Waals surface area contributed by atoms with Crippen LogP contribution in [-0.2, 0) is 20.0 Å². The number of nitrogens with two attached hydrogens (primary N) is 1. The third kappa shape index (κ3) is 1.83. The van der Waals surface area contributed by atoms with Gasteiger partial charge in [-0.25, -0.2) is 4.98 Å². The lowest BCUT2D eigenvalue weighted by atomic mass is 10.00. The molecule has 0 amide bonds. The van der Waals surface area contributed by atoms with E-state index < -0.39 is 0 Å². The fourth-order valence-corrected chi connectivity index (χ4v) is 2.62. The summed E-state index contributed by atoms with van der Waals surface area (Å²) in [6, 6.07) is 6.20. The average Bonchev–Trinajstić information content (AvgIpc) is 2.77. The number of fused-ring (bicyclic) bond motifs is 1. The maximum absolute atomic E-state index is 6.06. The van der Waals surface area contributed by atoms with Crippen molar-refractivity contribution < 1.29 is 0 Å². The first-order chi connectivity index (χ1) is 8.75. The Bertz CT molecular complexity index is 559. The van der Waals surface area contributed by atoms with Crippen LogP contribution in [0.2, 0.25) is 0 Å². The normalized spacial score (nSPS) is 14.6. The predicted octanol–water partition coefficient (Wildman–Crippen LogP) is 1.96. The van der Waals surface area contributed by atoms with Crippen LogP contribution in [0, 0.1) is 0 Å². The summed E-state index contributed by atoms with van der Waals surface area (Å²) in [6.45, 7) is 1.98. The van der Waals surface area contributed by atoms with Crippen LogP contribution in [0.5, 0.6) is 0 Å². The molecule has 0 spiro atoms. The fourth-order valence-electron chi connectivity index (χ4n) is 2.62. The second-order valence-electron chi connectivity index (χ2n) is 4.87. The molecule has 1 aromatic carbocycles. The molecule has 0 saturated heterocycles. The number of imidazole rings is 1. The lowest BCUT2D eigenvalue weighted by molar-refractivity contribution is 0.669. The van der Waals surface area contributed by atoms with E-state index in [9.17, 15) is 0 Å². The lowest BCUT2D eigenvalue weighted by Gasteiger charge is -2.32. The van der Waals surface area contributed by atoms with Crippen LogP contribution in [0.4, 0.5) is 11.4 Å². The van der Waals surface area contributed by atoms with Crippen LogP contribution in [0.3, 0.4) is 0 Å². The first kappa shape index (κ1) is 11.1. The summed E-state index contributed by atoms with van der Waals surface area (Å²) in [7, 11) is 2.03. The molecule has 0 aliphatic carbocycles. The van der Waals surface area contributed by atoms with Gasteiger partial charge in [-0.1, -0.05) is 6.07 Å². The van der Waals surface area contributed by atoms with Gasteiger partial charge in [-0.15, -0.1) is 0 Å². The number of hydrogen-bond donors (Lipinski definition) is 1. The van der Waals surface area contributed by atoms with Crippen molar-refractivity contribution >= 4 is 11.4 Å². The zero-order valence-corrected chi connectivity index (χ0v) is 10.6. The molecule has 0 fully saturated rings. The Balaban J connectivity index is 1.92. The molecule has 2 heterocycles. The second kappa shape index (κ2) is 4.37. The van der Waals surface area contributed by atoms with E-state index in [0.29, 0.717) is 0 Å². The molecule has 2 N–H and O–H groups in total. The number of nitrogen functional groups attached to an aromatic ring is 1. The molecule has 0 radical (unpaired) electrons. The van der Waals surface area contributed by atoms with E-state index in [1.165, 1.54) is 23.4 Å². The number of benzene rings is 1. The second-order valence-corrected chi connectivity index (χ2v) is 4.87. The Labute approximate surface area is 107 Å². The molecule has 2 aromatic rings. The zero-order valence-electron chi connectivity index (χ0n) is 10.6. The van der Waals surface area contributed by atoms with E-state index in [1.54, 1.807) is 0 Å². The fraction of sp³-hybridized carbons (Fsp3) is 0.357. The number of anilines is 2. The summed E-state index contributed by atoms with van der Waals surface area (Å²) in [6.07, 6.45) is 6.03. The lowest BCUT2D eigenvalue weighted by Crippen LogP contribution is -2.30. The largest absolute Gasteiger partial charge is 0.398 e. The van der Waals surface area contributed by atoms with E-state index in [0.717, 1.165) is 25.2 Å². The summed E-state index contributed by atoms with van der Waals surface area (Å²) in [5.41, 5.74) is 10.8. The smallest absolute Gasteiger partial charge is 0.0946 e. The van der Waals surface area contributed by atoms with Crippen LogP contribution >= 0.6 is 0 Å². The van der Waals surface area contributed by atoms with Crippen molar-refractivity contribution in [3.05, 3.63) is 42.0 Å². The van der Waals surface area contributed by atoms with Gasteiger partial charge in [0.05, 0.1) is 18.6 Å². The van der Waals surface area contributed by atoms with Gasteiger partial charge in [0.1, 0.15) is 0 Å². The van der Waals surface area contributed by atoms with Crippen molar-refractivity contribution in [3.8, 4) is 0 Å². The quantitative estimate of drug-likeness (QED) is 0.819. The molecule has 0 bridgehead atoms. The minimum Gasteiger partial charge on any atom is -0.398 e. The number of hydrogen-bond acceptors (Lipinski definition) is 3. The summed E-state index contributed by atoms with van der Waals surface area (Å²) in [5, 5.41) is 0. The van der Waals surface area contributed by atoms with E-state index in [2.05, 4.69) is 20.5 Å². The highest BCUT2D eigenvalue weighted by molar-refractivity contribution is 5.66. The summed E-state index contributed by atoms with van der Waals surface area (Å²) >= 11 is 0. The van der Waals surface area contributed by atoms with Crippen molar-refractivity contribution in [1.82, 2.24) is 9.55 Å². The molecule has 1 aliphatic rings. The molecule has 1 aromatic heterocycles. The highest BCUT2D eigenvalue weighted by Crippen LogP contribution is 2.32. The van der Waals surface area contributed by atoms with E-state index in [-0.39, 0.29) is 0 Å². The first-order valence-corrected chi connectivity index (χ1v) is 6.33. The van der Waals surface area contributed by atoms with Gasteiger partial charge in [0.15, 0.2) is 0 Å². The molecule has 4 nitrogen and oxygen atoms in total. The summed E-state index contributed by atoms with van der Waals surface area (Å²) < 4.78 is 2.07. The minimum atomic E-state index is 0.896. The summed E-state index contributed by atoms with van der Waals surface area (Å²) in [4.78, 5) is 6.57. The van der Waals surface area contributed by atoms with Gasteiger partial charge in [0.25, 0.3) is 0 Å². The molecule has 0 saturated carbocycles. The third-order valence-corrected chi connectivity index (χ3v) is 3.65. The molecule has 18 heavy (non-hydrogen) atoms. The van der Waals surface area contributed by atoms with Gasteiger partial charge in [-0.05, 0) is 30.5 Å². The molecule has 1 aliphatic heterocycles. The van der Waals surface area contributed by atoms with Crippen molar-refractivity contribution in [2.24, 2.45) is 7.05 Å². The highest BCUT2D eigenvalue weighted by atomic mass is 15.2. The monoisotopic (exact) mass is 242 g/mol. The predicted molar refractivity (Wildman–Crippen MR) is 73.4 cm³/mol. The number of aryl methyl sites for hydroxylation is 1. The van der Waals surface area contributed by atoms with Crippen LogP contribution in [-0.4, -0.2) is 16.1 Å². The zero-order chi connectivity index (χ0) is 12.5. The van der Waals surface area contributed by atoms with Crippen LogP contribution in [0.15, 0.2) is 30.7 Å². The summed E-state index contributed by atoms with van der Waals surface area (Å²) in [5.74, 6) is 0. The van der Waals surface area contributed by atoms with Gasteiger partial charge in [-0.3, -0.25) is 0 Å². The van der Waals surface area contributed by atoms with E-state index in [4.69, 9.17) is 5.73 Å². The number of aromatic nitrogens is 2. The highest BCUT2D eigenvalue weighted by Gasteiger charge is 2.19. The van der Waals surface area contributed by atoms with Gasteiger partial charge in [0.2, 0.25) is 0 Å². The maximum Gasteiger partial charge on any atom is 0.0946 e.